The normalized spacial score (nSPS) is 17.6. The van der Waals surface area contributed by atoms with E-state index in [0.29, 0.717) is 5.92 Å². The standard InChI is InChI=1S/C19H26N4O2/c1-2-9-20-17(4-1)6-10-21-19(23-14-16-8-13-24-15-16)22-11-7-18-5-3-12-25-18/h1-5,9,12,16H,6-8,10-11,13-15H2,(H2,21,22,23). The number of furan rings is 1. The summed E-state index contributed by atoms with van der Waals surface area (Å²) in [5.41, 5.74) is 1.08. The fourth-order valence-corrected chi connectivity index (χ4v) is 2.74. The average Bonchev–Trinajstić information content (AvgIpc) is 3.34. The van der Waals surface area contributed by atoms with Crippen LogP contribution in [0.25, 0.3) is 0 Å². The second-order valence-corrected chi connectivity index (χ2v) is 6.17. The first-order chi connectivity index (χ1) is 12.4. The van der Waals surface area contributed by atoms with E-state index < -0.39 is 0 Å². The number of pyridine rings is 1. The smallest absolute Gasteiger partial charge is 0.191 e. The predicted octanol–water partition coefficient (Wildman–Crippen LogP) is 2.03. The van der Waals surface area contributed by atoms with Gasteiger partial charge in [-0.25, -0.2) is 0 Å². The number of aromatic nitrogens is 1. The second-order valence-electron chi connectivity index (χ2n) is 6.17. The Balaban J connectivity index is 1.46. The number of hydrogen-bond donors (Lipinski definition) is 2. The molecule has 0 amide bonds. The van der Waals surface area contributed by atoms with E-state index in [0.717, 1.165) is 69.5 Å². The molecule has 1 aliphatic heterocycles. The molecular weight excluding hydrogens is 316 g/mol. The van der Waals surface area contributed by atoms with Crippen LogP contribution in [-0.4, -0.2) is 43.8 Å². The van der Waals surface area contributed by atoms with Gasteiger partial charge < -0.3 is 19.8 Å². The summed E-state index contributed by atoms with van der Waals surface area (Å²) >= 11 is 0. The minimum atomic E-state index is 0.527. The van der Waals surface area contributed by atoms with Crippen molar-refractivity contribution in [1.82, 2.24) is 15.6 Å². The van der Waals surface area contributed by atoms with E-state index in [1.54, 1.807) is 6.26 Å². The number of nitrogens with one attached hydrogen (secondary N) is 2. The van der Waals surface area contributed by atoms with Crippen molar-refractivity contribution in [1.29, 1.82) is 0 Å². The molecular formula is C19H26N4O2. The van der Waals surface area contributed by atoms with Gasteiger partial charge in [0, 0.05) is 56.9 Å². The molecule has 0 saturated carbocycles. The summed E-state index contributed by atoms with van der Waals surface area (Å²) in [5, 5.41) is 6.79. The Morgan fingerprint density at radius 3 is 2.80 bits per heavy atom. The number of nitrogens with zero attached hydrogens (tertiary/aromatic N) is 2. The fourth-order valence-electron chi connectivity index (χ4n) is 2.74. The van der Waals surface area contributed by atoms with Gasteiger partial charge in [0.1, 0.15) is 5.76 Å². The maximum absolute atomic E-state index is 5.43. The molecule has 0 radical (unpaired) electrons. The lowest BCUT2D eigenvalue weighted by atomic mass is 10.1. The highest BCUT2D eigenvalue weighted by Crippen LogP contribution is 2.12. The number of aliphatic imine (C=N–C) groups is 1. The van der Waals surface area contributed by atoms with Crippen molar-refractivity contribution in [2.45, 2.75) is 19.3 Å². The molecule has 3 rings (SSSR count). The maximum atomic E-state index is 5.43. The van der Waals surface area contributed by atoms with E-state index in [2.05, 4.69) is 15.6 Å². The van der Waals surface area contributed by atoms with E-state index >= 15 is 0 Å². The summed E-state index contributed by atoms with van der Waals surface area (Å²) in [6.07, 6.45) is 6.32. The molecule has 2 aromatic rings. The van der Waals surface area contributed by atoms with Crippen LogP contribution in [0.15, 0.2) is 52.2 Å². The molecule has 6 heteroatoms. The van der Waals surface area contributed by atoms with Crippen LogP contribution >= 0.6 is 0 Å². The first-order valence-electron chi connectivity index (χ1n) is 8.92. The van der Waals surface area contributed by atoms with Crippen LogP contribution in [-0.2, 0) is 17.6 Å². The first kappa shape index (κ1) is 17.5. The Kier molecular flexibility index (Phi) is 6.88. The Morgan fingerprint density at radius 1 is 1.16 bits per heavy atom. The molecule has 0 spiro atoms. The van der Waals surface area contributed by atoms with Crippen molar-refractivity contribution in [2.75, 3.05) is 32.8 Å². The largest absolute Gasteiger partial charge is 0.469 e. The van der Waals surface area contributed by atoms with Crippen molar-refractivity contribution in [3.63, 3.8) is 0 Å². The van der Waals surface area contributed by atoms with Gasteiger partial charge in [0.25, 0.3) is 0 Å². The number of hydrogen-bond acceptors (Lipinski definition) is 4. The van der Waals surface area contributed by atoms with Gasteiger partial charge in [0.05, 0.1) is 12.9 Å². The fraction of sp³-hybridized carbons (Fsp3) is 0.474. The summed E-state index contributed by atoms with van der Waals surface area (Å²) in [5.74, 6) is 2.35. The zero-order valence-electron chi connectivity index (χ0n) is 14.5. The van der Waals surface area contributed by atoms with Crippen LogP contribution in [0.5, 0.6) is 0 Å². The minimum Gasteiger partial charge on any atom is -0.469 e. The van der Waals surface area contributed by atoms with Crippen molar-refractivity contribution in [3.05, 3.63) is 54.2 Å². The van der Waals surface area contributed by atoms with Gasteiger partial charge in [-0.1, -0.05) is 6.07 Å². The van der Waals surface area contributed by atoms with Crippen LogP contribution in [0.2, 0.25) is 0 Å². The predicted molar refractivity (Wildman–Crippen MR) is 97.6 cm³/mol. The van der Waals surface area contributed by atoms with E-state index in [1.165, 1.54) is 0 Å². The molecule has 2 N–H and O–H groups in total. The number of guanidine groups is 1. The minimum absolute atomic E-state index is 0.527. The zero-order valence-corrected chi connectivity index (χ0v) is 14.5. The highest BCUT2D eigenvalue weighted by molar-refractivity contribution is 5.79. The second kappa shape index (κ2) is 9.84. The Bertz CT molecular complexity index is 622. The van der Waals surface area contributed by atoms with Gasteiger partial charge in [0.2, 0.25) is 0 Å². The topological polar surface area (TPSA) is 71.7 Å². The molecule has 6 nitrogen and oxygen atoms in total. The van der Waals surface area contributed by atoms with Gasteiger partial charge in [0.15, 0.2) is 5.96 Å². The number of rotatable bonds is 8. The Hall–Kier alpha value is -2.34. The van der Waals surface area contributed by atoms with Gasteiger partial charge in [-0.15, -0.1) is 0 Å². The zero-order chi connectivity index (χ0) is 17.2. The van der Waals surface area contributed by atoms with Crippen LogP contribution in [0, 0.1) is 5.92 Å². The molecule has 2 aromatic heterocycles. The molecule has 0 aliphatic carbocycles. The van der Waals surface area contributed by atoms with Crippen LogP contribution < -0.4 is 10.6 Å². The van der Waals surface area contributed by atoms with Crippen LogP contribution in [0.3, 0.4) is 0 Å². The van der Waals surface area contributed by atoms with Gasteiger partial charge in [-0.2, -0.15) is 0 Å². The lowest BCUT2D eigenvalue weighted by molar-refractivity contribution is 0.187. The quantitative estimate of drug-likeness (QED) is 0.567. The van der Waals surface area contributed by atoms with Crippen LogP contribution in [0.1, 0.15) is 17.9 Å². The highest BCUT2D eigenvalue weighted by Gasteiger charge is 2.15. The Morgan fingerprint density at radius 2 is 2.08 bits per heavy atom. The SMILES string of the molecule is c1ccc(CCNC(=NCC2CCOC2)NCCc2ccco2)nc1. The van der Waals surface area contributed by atoms with Gasteiger partial charge in [-0.05, 0) is 30.7 Å². The summed E-state index contributed by atoms with van der Waals surface area (Å²) in [7, 11) is 0. The van der Waals surface area contributed by atoms with Crippen molar-refractivity contribution < 1.29 is 9.15 Å². The molecule has 3 heterocycles. The van der Waals surface area contributed by atoms with Crippen molar-refractivity contribution >= 4 is 5.96 Å². The van der Waals surface area contributed by atoms with Crippen molar-refractivity contribution in [3.8, 4) is 0 Å². The molecule has 0 bridgehead atoms. The molecule has 25 heavy (non-hydrogen) atoms. The van der Waals surface area contributed by atoms with E-state index in [-0.39, 0.29) is 0 Å². The summed E-state index contributed by atoms with van der Waals surface area (Å²) in [6.45, 7) is 4.04. The van der Waals surface area contributed by atoms with Gasteiger partial charge >= 0.3 is 0 Å². The van der Waals surface area contributed by atoms with Gasteiger partial charge in [-0.3, -0.25) is 9.98 Å². The monoisotopic (exact) mass is 342 g/mol. The lowest BCUT2D eigenvalue weighted by Gasteiger charge is -2.13. The Labute approximate surface area is 148 Å². The third-order valence-corrected chi connectivity index (χ3v) is 4.18. The summed E-state index contributed by atoms with van der Waals surface area (Å²) < 4.78 is 10.8. The molecule has 1 atom stereocenters. The van der Waals surface area contributed by atoms with E-state index in [1.807, 2.05) is 36.5 Å². The maximum Gasteiger partial charge on any atom is 0.191 e. The molecule has 134 valence electrons. The molecule has 1 aliphatic rings. The van der Waals surface area contributed by atoms with Crippen LogP contribution in [0.4, 0.5) is 0 Å². The molecule has 1 saturated heterocycles. The first-order valence-corrected chi connectivity index (χ1v) is 8.92. The number of ether oxygens (including phenoxy) is 1. The third-order valence-electron chi connectivity index (χ3n) is 4.18. The third kappa shape index (κ3) is 6.23. The van der Waals surface area contributed by atoms with Crippen molar-refractivity contribution in [2.24, 2.45) is 10.9 Å². The highest BCUT2D eigenvalue weighted by atomic mass is 16.5. The molecule has 1 fully saturated rings. The van der Waals surface area contributed by atoms with E-state index in [9.17, 15) is 0 Å². The molecule has 1 unspecified atom stereocenters. The van der Waals surface area contributed by atoms with E-state index in [4.69, 9.17) is 14.1 Å². The lowest BCUT2D eigenvalue weighted by Crippen LogP contribution is -2.39. The molecule has 0 aromatic carbocycles. The summed E-state index contributed by atoms with van der Waals surface area (Å²) in [4.78, 5) is 9.07. The summed E-state index contributed by atoms with van der Waals surface area (Å²) in [6, 6.07) is 9.89. The average molecular weight is 342 g/mol.